The molecule has 1 aliphatic rings. The molecule has 1 amide bonds. The molecule has 0 aliphatic carbocycles. The lowest BCUT2D eigenvalue weighted by Crippen LogP contribution is -2.54. The van der Waals surface area contributed by atoms with E-state index < -0.39 is 0 Å². The van der Waals surface area contributed by atoms with Crippen LogP contribution in [0.2, 0.25) is 5.02 Å². The summed E-state index contributed by atoms with van der Waals surface area (Å²) in [6.45, 7) is 7.22. The number of anilines is 1. The molecule has 1 heterocycles. The fourth-order valence-corrected chi connectivity index (χ4v) is 2.67. The monoisotopic (exact) mass is 309 g/mol. The van der Waals surface area contributed by atoms with Gasteiger partial charge in [0.1, 0.15) is 0 Å². The summed E-state index contributed by atoms with van der Waals surface area (Å²) in [5, 5.41) is 0.743. The van der Waals surface area contributed by atoms with Crippen molar-refractivity contribution in [2.75, 3.05) is 31.1 Å². The summed E-state index contributed by atoms with van der Waals surface area (Å²) in [4.78, 5) is 16.5. The van der Waals surface area contributed by atoms with Crippen LogP contribution in [0.15, 0.2) is 24.3 Å². The first-order valence-electron chi connectivity index (χ1n) is 7.57. The maximum absolute atomic E-state index is 12.4. The molecule has 1 fully saturated rings. The van der Waals surface area contributed by atoms with Crippen molar-refractivity contribution in [3.05, 3.63) is 29.3 Å². The second kappa shape index (κ2) is 7.14. The average Bonchev–Trinajstić information content (AvgIpc) is 2.53. The van der Waals surface area contributed by atoms with E-state index in [0.717, 1.165) is 43.3 Å². The minimum Gasteiger partial charge on any atom is -0.368 e. The van der Waals surface area contributed by atoms with E-state index in [0.29, 0.717) is 0 Å². The van der Waals surface area contributed by atoms with E-state index in [1.807, 2.05) is 36.1 Å². The Morgan fingerprint density at radius 3 is 2.33 bits per heavy atom. The van der Waals surface area contributed by atoms with E-state index in [9.17, 15) is 4.79 Å². The first kappa shape index (κ1) is 16.1. The van der Waals surface area contributed by atoms with Crippen molar-refractivity contribution < 1.29 is 4.79 Å². The Hall–Kier alpha value is -1.26. The van der Waals surface area contributed by atoms with E-state index in [1.165, 1.54) is 0 Å². The topological polar surface area (TPSA) is 49.6 Å². The summed E-state index contributed by atoms with van der Waals surface area (Å²) in [7, 11) is 0. The van der Waals surface area contributed by atoms with Crippen LogP contribution in [0, 0.1) is 5.92 Å². The lowest BCUT2D eigenvalue weighted by atomic mass is 9.98. The third-order valence-corrected chi connectivity index (χ3v) is 4.58. The summed E-state index contributed by atoms with van der Waals surface area (Å²) >= 11 is 5.91. The van der Waals surface area contributed by atoms with Gasteiger partial charge in [0, 0.05) is 36.9 Å². The van der Waals surface area contributed by atoms with Crippen molar-refractivity contribution in [1.29, 1.82) is 0 Å². The first-order valence-corrected chi connectivity index (χ1v) is 7.95. The molecule has 0 bridgehead atoms. The van der Waals surface area contributed by atoms with E-state index in [2.05, 4.69) is 11.8 Å². The van der Waals surface area contributed by atoms with Gasteiger partial charge in [-0.25, -0.2) is 0 Å². The number of hydrogen-bond acceptors (Lipinski definition) is 3. The molecule has 1 aromatic rings. The minimum atomic E-state index is -0.378. The van der Waals surface area contributed by atoms with Gasteiger partial charge in [-0.05, 0) is 30.2 Å². The molecule has 0 aromatic heterocycles. The molecule has 4 nitrogen and oxygen atoms in total. The highest BCUT2D eigenvalue weighted by Crippen LogP contribution is 2.20. The van der Waals surface area contributed by atoms with Crippen LogP contribution in [0.4, 0.5) is 5.69 Å². The minimum absolute atomic E-state index is 0.0834. The highest BCUT2D eigenvalue weighted by atomic mass is 35.5. The number of carbonyl (C=O) groups is 1. The van der Waals surface area contributed by atoms with E-state index in [1.54, 1.807) is 0 Å². The number of amides is 1. The Bertz CT molecular complexity index is 469. The van der Waals surface area contributed by atoms with Crippen LogP contribution >= 0.6 is 11.6 Å². The van der Waals surface area contributed by atoms with Crippen LogP contribution in [-0.4, -0.2) is 43.0 Å². The second-order valence-corrected chi connectivity index (χ2v) is 6.14. The Labute approximate surface area is 131 Å². The van der Waals surface area contributed by atoms with E-state index >= 15 is 0 Å². The van der Waals surface area contributed by atoms with E-state index in [4.69, 9.17) is 17.3 Å². The van der Waals surface area contributed by atoms with Gasteiger partial charge in [-0.1, -0.05) is 31.9 Å². The number of hydrogen-bond donors (Lipinski definition) is 1. The highest BCUT2D eigenvalue weighted by Gasteiger charge is 2.27. The largest absolute Gasteiger partial charge is 0.368 e. The first-order chi connectivity index (χ1) is 10.0. The quantitative estimate of drug-likeness (QED) is 0.929. The summed E-state index contributed by atoms with van der Waals surface area (Å²) in [6, 6.07) is 7.45. The van der Waals surface area contributed by atoms with Crippen molar-refractivity contribution in [2.24, 2.45) is 11.7 Å². The smallest absolute Gasteiger partial charge is 0.239 e. The van der Waals surface area contributed by atoms with Gasteiger partial charge in [0.05, 0.1) is 6.04 Å². The van der Waals surface area contributed by atoms with Crippen LogP contribution in [-0.2, 0) is 4.79 Å². The van der Waals surface area contributed by atoms with Crippen LogP contribution in [0.1, 0.15) is 20.3 Å². The number of rotatable bonds is 4. The van der Waals surface area contributed by atoms with Crippen LogP contribution in [0.25, 0.3) is 0 Å². The molecular weight excluding hydrogens is 286 g/mol. The zero-order valence-electron chi connectivity index (χ0n) is 12.8. The van der Waals surface area contributed by atoms with Gasteiger partial charge in [-0.15, -0.1) is 0 Å². The van der Waals surface area contributed by atoms with Crippen LogP contribution < -0.4 is 10.6 Å². The Morgan fingerprint density at radius 1 is 1.24 bits per heavy atom. The van der Waals surface area contributed by atoms with Crippen LogP contribution in [0.3, 0.4) is 0 Å². The fraction of sp³-hybridized carbons (Fsp3) is 0.562. The maximum atomic E-state index is 12.4. The number of piperazine rings is 1. The summed E-state index contributed by atoms with van der Waals surface area (Å²) in [6.07, 6.45) is 0.928. The van der Waals surface area contributed by atoms with E-state index in [-0.39, 0.29) is 17.9 Å². The number of nitrogens with zero attached hydrogens (tertiary/aromatic N) is 2. The SMILES string of the molecule is CCC(C)C(N)C(=O)N1CCN(c2ccc(Cl)cc2)CC1. The normalized spacial score (nSPS) is 18.5. The zero-order valence-corrected chi connectivity index (χ0v) is 13.5. The maximum Gasteiger partial charge on any atom is 0.239 e. The van der Waals surface area contributed by atoms with Gasteiger partial charge < -0.3 is 15.5 Å². The lowest BCUT2D eigenvalue weighted by Gasteiger charge is -2.37. The van der Waals surface area contributed by atoms with Gasteiger partial charge in [0.2, 0.25) is 5.91 Å². The van der Waals surface area contributed by atoms with Crippen molar-refractivity contribution in [2.45, 2.75) is 26.3 Å². The number of halogens is 1. The molecular formula is C16H24ClN3O. The molecule has 2 atom stereocenters. The summed E-state index contributed by atoms with van der Waals surface area (Å²) < 4.78 is 0. The van der Waals surface area contributed by atoms with Gasteiger partial charge in [-0.3, -0.25) is 4.79 Å². The van der Waals surface area contributed by atoms with Crippen molar-refractivity contribution in [3.63, 3.8) is 0 Å². The Morgan fingerprint density at radius 2 is 1.81 bits per heavy atom. The molecule has 0 saturated carbocycles. The number of benzene rings is 1. The van der Waals surface area contributed by atoms with Gasteiger partial charge in [0.25, 0.3) is 0 Å². The standard InChI is InChI=1S/C16H24ClN3O/c1-3-12(2)15(18)16(21)20-10-8-19(9-11-20)14-6-4-13(17)5-7-14/h4-7,12,15H,3,8-11,18H2,1-2H3. The molecule has 2 N–H and O–H groups in total. The van der Waals surface area contributed by atoms with Crippen molar-refractivity contribution >= 4 is 23.2 Å². The third-order valence-electron chi connectivity index (χ3n) is 4.33. The molecule has 2 unspecified atom stereocenters. The lowest BCUT2D eigenvalue weighted by molar-refractivity contribution is -0.134. The molecule has 116 valence electrons. The summed E-state index contributed by atoms with van der Waals surface area (Å²) in [5.74, 6) is 0.312. The van der Waals surface area contributed by atoms with Gasteiger partial charge in [0.15, 0.2) is 0 Å². The molecule has 21 heavy (non-hydrogen) atoms. The van der Waals surface area contributed by atoms with Gasteiger partial charge in [-0.2, -0.15) is 0 Å². The molecule has 1 aliphatic heterocycles. The molecule has 2 rings (SSSR count). The molecule has 1 saturated heterocycles. The summed E-state index contributed by atoms with van der Waals surface area (Å²) in [5.41, 5.74) is 7.20. The number of carbonyl (C=O) groups excluding carboxylic acids is 1. The Kier molecular flexibility index (Phi) is 5.48. The fourth-order valence-electron chi connectivity index (χ4n) is 2.55. The highest BCUT2D eigenvalue weighted by molar-refractivity contribution is 6.30. The predicted molar refractivity (Wildman–Crippen MR) is 87.7 cm³/mol. The predicted octanol–water partition coefficient (Wildman–Crippen LogP) is 2.36. The van der Waals surface area contributed by atoms with Crippen molar-refractivity contribution in [3.8, 4) is 0 Å². The molecule has 0 radical (unpaired) electrons. The third kappa shape index (κ3) is 3.89. The van der Waals surface area contributed by atoms with Crippen molar-refractivity contribution in [1.82, 2.24) is 4.90 Å². The van der Waals surface area contributed by atoms with Gasteiger partial charge >= 0.3 is 0 Å². The molecule has 0 spiro atoms. The average molecular weight is 310 g/mol. The van der Waals surface area contributed by atoms with Crippen LogP contribution in [0.5, 0.6) is 0 Å². The second-order valence-electron chi connectivity index (χ2n) is 5.70. The zero-order chi connectivity index (χ0) is 15.4. The molecule has 1 aromatic carbocycles. The Balaban J connectivity index is 1.91. The number of nitrogens with two attached hydrogens (primary N) is 1. The molecule has 5 heteroatoms.